The molecule has 0 spiro atoms. The molecule has 13 nitrogen and oxygen atoms in total. The van der Waals surface area contributed by atoms with E-state index >= 15 is 0 Å². The third-order valence-electron chi connectivity index (χ3n) is 3.55. The minimum absolute atomic E-state index is 0.152. The number of hydrogen-bond acceptors (Lipinski definition) is 10. The van der Waals surface area contributed by atoms with Crippen molar-refractivity contribution in [3.63, 3.8) is 0 Å². The van der Waals surface area contributed by atoms with Crippen molar-refractivity contribution in [3.05, 3.63) is 40.9 Å². The molecule has 3 rings (SSSR count). The average molecular weight is 510 g/mol. The fourth-order valence-corrected chi connectivity index (χ4v) is 5.37. The Kier molecular flexibility index (Phi) is 6.79. The zero-order chi connectivity index (χ0) is 23.8. The SMILES string of the molecule is Cc1ccc2nc(-c3ccc([N+]#N)c(S(=O)(=O)O)c3)sc2c1S(=O)(=O)[O-].O=S(=O)(O)O. The maximum Gasteiger partial charge on any atom is 0.406 e. The van der Waals surface area contributed by atoms with Gasteiger partial charge in [-0.3, -0.25) is 13.7 Å². The van der Waals surface area contributed by atoms with Crippen LogP contribution in [0.15, 0.2) is 40.1 Å². The number of nitrogens with zero attached hydrogens (tertiary/aromatic N) is 3. The number of aryl methyl sites for hydroxylation is 1. The van der Waals surface area contributed by atoms with Crippen LogP contribution < -0.4 is 0 Å². The minimum Gasteiger partial charge on any atom is -0.744 e. The van der Waals surface area contributed by atoms with Crippen molar-refractivity contribution in [1.29, 1.82) is 5.39 Å². The third-order valence-corrected chi connectivity index (χ3v) is 6.73. The number of fused-ring (bicyclic) bond motifs is 1. The topological polar surface area (TPSA) is 227 Å². The minimum atomic E-state index is -4.73. The molecule has 31 heavy (non-hydrogen) atoms. The van der Waals surface area contributed by atoms with E-state index in [0.717, 1.165) is 23.5 Å². The van der Waals surface area contributed by atoms with Gasteiger partial charge >= 0.3 is 26.2 Å². The van der Waals surface area contributed by atoms with E-state index in [1.165, 1.54) is 19.1 Å². The molecule has 0 saturated carbocycles. The molecule has 3 N–H and O–H groups in total. The highest BCUT2D eigenvalue weighted by molar-refractivity contribution is 7.86. The number of aromatic nitrogens is 1. The van der Waals surface area contributed by atoms with E-state index in [4.69, 9.17) is 22.9 Å². The second-order valence-corrected chi connectivity index (χ2v) is 10.3. The van der Waals surface area contributed by atoms with Gasteiger partial charge in [-0.2, -0.15) is 16.8 Å². The lowest BCUT2D eigenvalue weighted by Crippen LogP contribution is -2.01. The first-order valence-corrected chi connectivity index (χ1v) is 12.6. The summed E-state index contributed by atoms with van der Waals surface area (Å²) in [7, 11) is -14.1. The van der Waals surface area contributed by atoms with E-state index < -0.39 is 35.5 Å². The molecule has 0 bridgehead atoms. The van der Waals surface area contributed by atoms with Gasteiger partial charge in [0.15, 0.2) is 9.87 Å². The maximum absolute atomic E-state index is 11.6. The molecule has 0 radical (unpaired) electrons. The van der Waals surface area contributed by atoms with Crippen LogP contribution in [-0.2, 0) is 30.6 Å². The van der Waals surface area contributed by atoms with Gasteiger partial charge < -0.3 is 4.55 Å². The van der Waals surface area contributed by atoms with E-state index in [0.29, 0.717) is 0 Å². The largest absolute Gasteiger partial charge is 0.744 e. The molecule has 0 unspecified atom stereocenters. The lowest BCUT2D eigenvalue weighted by Gasteiger charge is -2.10. The van der Waals surface area contributed by atoms with Crippen molar-refractivity contribution in [1.82, 2.24) is 4.98 Å². The summed E-state index contributed by atoms with van der Waals surface area (Å²) in [6.07, 6.45) is 0. The van der Waals surface area contributed by atoms with Gasteiger partial charge in [-0.25, -0.2) is 13.4 Å². The highest BCUT2D eigenvalue weighted by atomic mass is 32.3. The van der Waals surface area contributed by atoms with Gasteiger partial charge in [-0.15, -0.1) is 11.3 Å². The predicted molar refractivity (Wildman–Crippen MR) is 106 cm³/mol. The monoisotopic (exact) mass is 509 g/mol. The van der Waals surface area contributed by atoms with Gasteiger partial charge in [0.2, 0.25) is 5.39 Å². The van der Waals surface area contributed by atoms with Gasteiger partial charge in [-0.1, -0.05) is 6.07 Å². The molecule has 1 heterocycles. The molecule has 2 aromatic carbocycles. The van der Waals surface area contributed by atoms with Gasteiger partial charge in [0.05, 0.1) is 15.1 Å². The molecular formula is C14H11N3O10S4. The maximum atomic E-state index is 11.6. The molecule has 1 aromatic heterocycles. The molecule has 166 valence electrons. The molecule has 0 fully saturated rings. The summed E-state index contributed by atoms with van der Waals surface area (Å²) in [5.41, 5.74) is 0.402. The summed E-state index contributed by atoms with van der Waals surface area (Å²) in [6.45, 7) is 1.48. The molecule has 0 aliphatic rings. The quantitative estimate of drug-likeness (QED) is 0.341. The van der Waals surface area contributed by atoms with E-state index in [1.807, 2.05) is 0 Å². The lowest BCUT2D eigenvalue weighted by molar-refractivity contribution is 0.380. The van der Waals surface area contributed by atoms with E-state index in [2.05, 4.69) is 9.96 Å². The Morgan fingerprint density at radius 3 is 2.10 bits per heavy atom. The molecule has 0 amide bonds. The Balaban J connectivity index is 0.000000614. The summed E-state index contributed by atoms with van der Waals surface area (Å²) in [5, 5.41) is 9.08. The molecule has 0 aliphatic heterocycles. The first kappa shape index (κ1) is 24.7. The molecule has 0 atom stereocenters. The number of benzene rings is 2. The Labute approximate surface area is 179 Å². The van der Waals surface area contributed by atoms with Crippen LogP contribution in [0.3, 0.4) is 0 Å². The normalized spacial score (nSPS) is 12.1. The molecule has 0 aliphatic carbocycles. The van der Waals surface area contributed by atoms with E-state index in [-0.39, 0.29) is 36.9 Å². The van der Waals surface area contributed by atoms with Crippen LogP contribution in [0.25, 0.3) is 25.8 Å². The smallest absolute Gasteiger partial charge is 0.406 e. The molecular weight excluding hydrogens is 498 g/mol. The average Bonchev–Trinajstić information content (AvgIpc) is 3.01. The Hall–Kier alpha value is -2.56. The van der Waals surface area contributed by atoms with Crippen molar-refractivity contribution in [2.45, 2.75) is 16.7 Å². The third kappa shape index (κ3) is 6.22. The first-order valence-electron chi connectivity index (χ1n) is 7.55. The van der Waals surface area contributed by atoms with Crippen molar-refractivity contribution in [2.24, 2.45) is 0 Å². The van der Waals surface area contributed by atoms with Crippen LogP contribution in [0.4, 0.5) is 5.69 Å². The van der Waals surface area contributed by atoms with E-state index in [1.54, 1.807) is 6.07 Å². The van der Waals surface area contributed by atoms with Crippen molar-refractivity contribution < 1.29 is 43.5 Å². The summed E-state index contributed by atoms with van der Waals surface area (Å²) >= 11 is 0.891. The van der Waals surface area contributed by atoms with Gasteiger partial charge in [-0.05, 0) is 30.7 Å². The number of rotatable bonds is 3. The van der Waals surface area contributed by atoms with Crippen LogP contribution in [0.2, 0.25) is 0 Å². The Morgan fingerprint density at radius 1 is 1.03 bits per heavy atom. The Morgan fingerprint density at radius 2 is 1.61 bits per heavy atom. The van der Waals surface area contributed by atoms with Crippen LogP contribution in [-0.4, -0.2) is 48.4 Å². The Bertz CT molecular complexity index is 1530. The summed E-state index contributed by atoms with van der Waals surface area (Å²) in [6, 6.07) is 6.58. The van der Waals surface area contributed by atoms with Crippen LogP contribution in [0.5, 0.6) is 0 Å². The van der Waals surface area contributed by atoms with Gasteiger partial charge in [0.1, 0.15) is 15.1 Å². The molecule has 17 heteroatoms. The fourth-order valence-electron chi connectivity index (χ4n) is 2.44. The summed E-state index contributed by atoms with van der Waals surface area (Å²) in [4.78, 5) is 6.00. The number of diazo groups is 1. The van der Waals surface area contributed by atoms with Crippen molar-refractivity contribution >= 4 is 57.9 Å². The molecule has 0 saturated heterocycles. The highest BCUT2D eigenvalue weighted by Gasteiger charge is 2.26. The van der Waals surface area contributed by atoms with Gasteiger partial charge in [0, 0.05) is 11.6 Å². The second kappa shape index (κ2) is 8.52. The fraction of sp³-hybridized carbons (Fsp3) is 0.0714. The zero-order valence-electron chi connectivity index (χ0n) is 15.1. The predicted octanol–water partition coefficient (Wildman–Crippen LogP) is 2.25. The summed E-state index contributed by atoms with van der Waals surface area (Å²) in [5.74, 6) is 0. The summed E-state index contributed by atoms with van der Waals surface area (Å²) < 4.78 is 98.5. The first-order chi connectivity index (χ1) is 14.0. The van der Waals surface area contributed by atoms with Crippen LogP contribution in [0.1, 0.15) is 5.56 Å². The highest BCUT2D eigenvalue weighted by Crippen LogP contribution is 2.37. The van der Waals surface area contributed by atoms with E-state index in [9.17, 15) is 25.9 Å². The lowest BCUT2D eigenvalue weighted by atomic mass is 10.2. The van der Waals surface area contributed by atoms with Crippen molar-refractivity contribution in [2.75, 3.05) is 0 Å². The number of hydrogen-bond donors (Lipinski definition) is 3. The molecule has 3 aromatic rings. The number of thiazole rings is 1. The standard InChI is InChI=1S/C14H9N3O6S3.H2O4S/c1-7-2-4-10-12(13(7)26(21,22)23)24-14(16-10)8-3-5-9(17-15)11(6-8)25(18,19)20;1-5(2,3)4/h2-6H,1H3,(H-,18,19,20,21,22,23);(H2,1,2,3,4). The zero-order valence-corrected chi connectivity index (χ0v) is 18.3. The van der Waals surface area contributed by atoms with Crippen LogP contribution in [0, 0.1) is 12.3 Å². The van der Waals surface area contributed by atoms with Crippen LogP contribution >= 0.6 is 11.3 Å². The van der Waals surface area contributed by atoms with Gasteiger partial charge in [0.25, 0.3) is 0 Å². The second-order valence-electron chi connectivity index (χ2n) is 5.74. The van der Waals surface area contributed by atoms with Crippen molar-refractivity contribution in [3.8, 4) is 10.6 Å².